The maximum Gasteiger partial charge on any atom is 0.356 e. The number of carbonyl (C=O) groups excluding carboxylic acids is 1. The van der Waals surface area contributed by atoms with Crippen LogP contribution in [0.25, 0.3) is 0 Å². The highest BCUT2D eigenvalue weighted by molar-refractivity contribution is 6.28. The molecule has 3 rings (SSSR count). The summed E-state index contributed by atoms with van der Waals surface area (Å²) >= 11 is 5.93. The number of hydrogen-bond donors (Lipinski definition) is 1. The molecule has 12 heteroatoms. The largest absolute Gasteiger partial charge is 0.490 e. The van der Waals surface area contributed by atoms with E-state index >= 15 is 0 Å². The lowest BCUT2D eigenvalue weighted by Crippen LogP contribution is -2.38. The summed E-state index contributed by atoms with van der Waals surface area (Å²) in [6, 6.07) is 4.96. The number of anilines is 1. The average molecular weight is 480 g/mol. The van der Waals surface area contributed by atoms with Crippen molar-refractivity contribution >= 4 is 29.1 Å². The molecule has 0 bridgehead atoms. The second kappa shape index (κ2) is 11.1. The molecule has 1 aliphatic heterocycles. The standard InChI is InChI=1S/C21H26ClN5O6/c1-4-33-17-10-13(9-16(27(29)30)19(17)31-2)12-26-7-5-14(6-8-26)23-18-11-15(20(28)32-3)24-21(22)25-18/h9-11,14H,4-8,12H2,1-3H3,(H,23,24,25). The predicted molar refractivity (Wildman–Crippen MR) is 121 cm³/mol. The maximum absolute atomic E-state index is 11.7. The first kappa shape index (κ1) is 24.5. The van der Waals surface area contributed by atoms with Crippen molar-refractivity contribution in [3.8, 4) is 11.5 Å². The van der Waals surface area contributed by atoms with Crippen LogP contribution in [0.1, 0.15) is 35.8 Å². The average Bonchev–Trinajstić information content (AvgIpc) is 2.79. The molecule has 178 valence electrons. The second-order valence-corrected chi connectivity index (χ2v) is 7.77. The van der Waals surface area contributed by atoms with E-state index in [4.69, 9.17) is 21.1 Å². The van der Waals surface area contributed by atoms with E-state index in [0.717, 1.165) is 31.5 Å². The van der Waals surface area contributed by atoms with Crippen molar-refractivity contribution in [2.24, 2.45) is 0 Å². The van der Waals surface area contributed by atoms with Gasteiger partial charge in [-0.3, -0.25) is 15.0 Å². The number of esters is 1. The van der Waals surface area contributed by atoms with Gasteiger partial charge >= 0.3 is 11.7 Å². The number of methoxy groups -OCH3 is 2. The molecule has 1 N–H and O–H groups in total. The van der Waals surface area contributed by atoms with Crippen LogP contribution in [0.4, 0.5) is 11.5 Å². The molecule has 33 heavy (non-hydrogen) atoms. The monoisotopic (exact) mass is 479 g/mol. The maximum atomic E-state index is 11.7. The van der Waals surface area contributed by atoms with Crippen LogP contribution < -0.4 is 14.8 Å². The highest BCUT2D eigenvalue weighted by Crippen LogP contribution is 2.38. The van der Waals surface area contributed by atoms with Gasteiger partial charge in [0.2, 0.25) is 11.0 Å². The van der Waals surface area contributed by atoms with E-state index in [-0.39, 0.29) is 28.5 Å². The summed E-state index contributed by atoms with van der Waals surface area (Å²) in [6.07, 6.45) is 1.62. The summed E-state index contributed by atoms with van der Waals surface area (Å²) in [5.74, 6) is 0.365. The van der Waals surface area contributed by atoms with Crippen molar-refractivity contribution in [1.82, 2.24) is 14.9 Å². The number of aromatic nitrogens is 2. The third kappa shape index (κ3) is 6.20. The Hall–Kier alpha value is -3.18. The van der Waals surface area contributed by atoms with E-state index in [1.807, 2.05) is 6.92 Å². The van der Waals surface area contributed by atoms with E-state index in [9.17, 15) is 14.9 Å². The molecule has 0 saturated carbocycles. The number of nitro groups is 1. The van der Waals surface area contributed by atoms with Crippen LogP contribution in [0.15, 0.2) is 18.2 Å². The lowest BCUT2D eigenvalue weighted by atomic mass is 10.0. The fourth-order valence-electron chi connectivity index (χ4n) is 3.74. The molecule has 1 aliphatic rings. The molecule has 0 aliphatic carbocycles. The molecule has 0 spiro atoms. The number of nitrogens with one attached hydrogen (secondary N) is 1. The Kier molecular flexibility index (Phi) is 8.23. The summed E-state index contributed by atoms with van der Waals surface area (Å²) in [5, 5.41) is 14.8. The first-order chi connectivity index (χ1) is 15.8. The number of piperidine rings is 1. The first-order valence-corrected chi connectivity index (χ1v) is 10.8. The summed E-state index contributed by atoms with van der Waals surface area (Å²) < 4.78 is 15.5. The first-order valence-electron chi connectivity index (χ1n) is 10.4. The number of benzene rings is 1. The van der Waals surface area contributed by atoms with E-state index in [1.165, 1.54) is 26.4 Å². The molecule has 1 fully saturated rings. The molecule has 1 aromatic carbocycles. The molecule has 0 unspecified atom stereocenters. The smallest absolute Gasteiger partial charge is 0.356 e. The topological polar surface area (TPSA) is 129 Å². The van der Waals surface area contributed by atoms with Gasteiger partial charge in [0.15, 0.2) is 11.4 Å². The van der Waals surface area contributed by atoms with E-state index in [2.05, 4.69) is 24.9 Å². The Morgan fingerprint density at radius 2 is 2.00 bits per heavy atom. The number of nitro benzene ring substituents is 1. The van der Waals surface area contributed by atoms with Gasteiger partial charge in [-0.2, -0.15) is 0 Å². The molecular formula is C21H26ClN5O6. The fraction of sp³-hybridized carbons (Fsp3) is 0.476. The van der Waals surface area contributed by atoms with Crippen LogP contribution in [0.2, 0.25) is 5.28 Å². The van der Waals surface area contributed by atoms with Crippen molar-refractivity contribution < 1.29 is 23.9 Å². The van der Waals surface area contributed by atoms with Gasteiger partial charge in [0, 0.05) is 37.8 Å². The minimum Gasteiger partial charge on any atom is -0.490 e. The Morgan fingerprint density at radius 3 is 2.61 bits per heavy atom. The van der Waals surface area contributed by atoms with Crippen molar-refractivity contribution in [1.29, 1.82) is 0 Å². The van der Waals surface area contributed by atoms with Gasteiger partial charge in [-0.05, 0) is 43.0 Å². The summed E-state index contributed by atoms with van der Waals surface area (Å²) in [7, 11) is 2.66. The van der Waals surface area contributed by atoms with Crippen LogP contribution in [-0.4, -0.2) is 65.7 Å². The predicted octanol–water partition coefficient (Wildman–Crippen LogP) is 3.31. The number of likely N-dealkylation sites (tertiary alicyclic amines) is 1. The summed E-state index contributed by atoms with van der Waals surface area (Å²) in [6.45, 7) is 4.27. The zero-order chi connectivity index (χ0) is 24.0. The Bertz CT molecular complexity index is 1010. The molecule has 1 saturated heterocycles. The van der Waals surface area contributed by atoms with E-state index < -0.39 is 10.9 Å². The van der Waals surface area contributed by atoms with Crippen molar-refractivity contribution in [2.45, 2.75) is 32.4 Å². The van der Waals surface area contributed by atoms with Gasteiger partial charge in [0.1, 0.15) is 5.82 Å². The zero-order valence-electron chi connectivity index (χ0n) is 18.7. The van der Waals surface area contributed by atoms with Gasteiger partial charge < -0.3 is 19.5 Å². The normalized spacial score (nSPS) is 14.5. The molecule has 0 atom stereocenters. The van der Waals surface area contributed by atoms with Gasteiger partial charge in [-0.1, -0.05) is 0 Å². The Labute approximate surface area is 196 Å². The number of carbonyl (C=O) groups is 1. The lowest BCUT2D eigenvalue weighted by molar-refractivity contribution is -0.385. The minimum absolute atomic E-state index is 0.0379. The Morgan fingerprint density at radius 1 is 1.27 bits per heavy atom. The number of halogens is 1. The van der Waals surface area contributed by atoms with Crippen LogP contribution in [-0.2, 0) is 11.3 Å². The second-order valence-electron chi connectivity index (χ2n) is 7.43. The van der Waals surface area contributed by atoms with Crippen molar-refractivity contribution in [3.63, 3.8) is 0 Å². The molecule has 2 heterocycles. The lowest BCUT2D eigenvalue weighted by Gasteiger charge is -2.32. The Balaban J connectivity index is 1.65. The van der Waals surface area contributed by atoms with E-state index in [0.29, 0.717) is 24.7 Å². The number of hydrogen-bond acceptors (Lipinski definition) is 10. The highest BCUT2D eigenvalue weighted by Gasteiger charge is 2.25. The molecule has 0 amide bonds. The fourth-order valence-corrected chi connectivity index (χ4v) is 3.92. The number of nitrogens with zero attached hydrogens (tertiary/aromatic N) is 4. The van der Waals surface area contributed by atoms with Crippen LogP contribution in [0, 0.1) is 10.1 Å². The molecule has 2 aromatic rings. The zero-order valence-corrected chi connectivity index (χ0v) is 19.4. The van der Waals surface area contributed by atoms with Crippen molar-refractivity contribution in [2.75, 3.05) is 39.2 Å². The third-order valence-electron chi connectivity index (χ3n) is 5.23. The minimum atomic E-state index is -0.586. The van der Waals surface area contributed by atoms with Crippen LogP contribution in [0.5, 0.6) is 11.5 Å². The van der Waals surface area contributed by atoms with Crippen LogP contribution in [0.3, 0.4) is 0 Å². The SMILES string of the molecule is CCOc1cc(CN2CCC(Nc3cc(C(=O)OC)nc(Cl)n3)CC2)cc([N+](=O)[O-])c1OC. The molecule has 0 radical (unpaired) electrons. The summed E-state index contributed by atoms with van der Waals surface area (Å²) in [4.78, 5) is 33.0. The van der Waals surface area contributed by atoms with Gasteiger partial charge in [-0.25, -0.2) is 14.8 Å². The van der Waals surface area contributed by atoms with Gasteiger partial charge in [0.05, 0.1) is 25.7 Å². The number of ether oxygens (including phenoxy) is 3. The molecule has 11 nitrogen and oxygen atoms in total. The molecule has 1 aromatic heterocycles. The van der Waals surface area contributed by atoms with E-state index in [1.54, 1.807) is 6.07 Å². The highest BCUT2D eigenvalue weighted by atomic mass is 35.5. The molecular weight excluding hydrogens is 454 g/mol. The number of rotatable bonds is 9. The van der Waals surface area contributed by atoms with Gasteiger partial charge in [0.25, 0.3) is 0 Å². The van der Waals surface area contributed by atoms with Crippen LogP contribution >= 0.6 is 11.6 Å². The third-order valence-corrected chi connectivity index (χ3v) is 5.40. The summed E-state index contributed by atoms with van der Waals surface area (Å²) in [5.41, 5.74) is 0.753. The van der Waals surface area contributed by atoms with Crippen molar-refractivity contribution in [3.05, 3.63) is 44.9 Å². The quantitative estimate of drug-likeness (QED) is 0.247. The van der Waals surface area contributed by atoms with Gasteiger partial charge in [-0.15, -0.1) is 0 Å².